The maximum atomic E-state index is 12.4. The zero-order valence-electron chi connectivity index (χ0n) is 16.3. The molecule has 3 aromatic heterocycles. The second-order valence-electron chi connectivity index (χ2n) is 7.48. The van der Waals surface area contributed by atoms with E-state index in [0.717, 1.165) is 35.4 Å². The summed E-state index contributed by atoms with van der Waals surface area (Å²) in [5.41, 5.74) is 9.05. The van der Waals surface area contributed by atoms with Crippen molar-refractivity contribution in [2.75, 3.05) is 26.4 Å². The lowest BCUT2D eigenvalue weighted by atomic mass is 9.98. The Bertz CT molecular complexity index is 985. The number of pyridine rings is 2. The highest BCUT2D eigenvalue weighted by molar-refractivity contribution is 7.21. The van der Waals surface area contributed by atoms with Crippen LogP contribution in [0.4, 0.5) is 5.69 Å². The number of piperidine rings is 1. The third-order valence-electron chi connectivity index (χ3n) is 5.28. The van der Waals surface area contributed by atoms with E-state index in [1.807, 2.05) is 18.3 Å². The molecule has 6 nitrogen and oxygen atoms in total. The van der Waals surface area contributed by atoms with E-state index in [1.54, 1.807) is 25.2 Å². The molecule has 0 radical (unpaired) electrons. The van der Waals surface area contributed by atoms with Crippen LogP contribution in [0.3, 0.4) is 0 Å². The number of hydrogen-bond acceptors (Lipinski definition) is 6. The molecule has 4 rings (SSSR count). The van der Waals surface area contributed by atoms with E-state index in [2.05, 4.69) is 22.0 Å². The first-order chi connectivity index (χ1) is 13.5. The van der Waals surface area contributed by atoms with Gasteiger partial charge >= 0.3 is 0 Å². The molecule has 2 N–H and O–H groups in total. The van der Waals surface area contributed by atoms with Crippen molar-refractivity contribution < 1.29 is 4.79 Å². The quantitative estimate of drug-likeness (QED) is 0.729. The van der Waals surface area contributed by atoms with Gasteiger partial charge in [0.2, 0.25) is 0 Å². The molecule has 1 aliphatic rings. The first-order valence-corrected chi connectivity index (χ1v) is 10.4. The zero-order valence-corrected chi connectivity index (χ0v) is 17.1. The number of anilines is 1. The number of hydrogen-bond donors (Lipinski definition) is 1. The number of fused-ring (bicyclic) bond motifs is 1. The van der Waals surface area contributed by atoms with Gasteiger partial charge in [-0.25, -0.2) is 4.98 Å². The number of nitrogens with zero attached hydrogens (tertiary/aromatic N) is 4. The summed E-state index contributed by atoms with van der Waals surface area (Å²) < 4.78 is 0. The molecule has 1 unspecified atom stereocenters. The molecule has 0 saturated carbocycles. The first-order valence-electron chi connectivity index (χ1n) is 9.58. The number of likely N-dealkylation sites (tertiary alicyclic amines) is 1. The molecule has 7 heteroatoms. The van der Waals surface area contributed by atoms with Crippen molar-refractivity contribution in [1.82, 2.24) is 19.8 Å². The average Bonchev–Trinajstić information content (AvgIpc) is 3.04. The van der Waals surface area contributed by atoms with Crippen LogP contribution < -0.4 is 5.73 Å². The van der Waals surface area contributed by atoms with Gasteiger partial charge in [-0.2, -0.15) is 0 Å². The Morgan fingerprint density at radius 1 is 1.32 bits per heavy atom. The topological polar surface area (TPSA) is 75.4 Å². The number of thiophene rings is 1. The van der Waals surface area contributed by atoms with Crippen LogP contribution in [0.25, 0.3) is 10.2 Å². The standard InChI is InChI=1S/C21H25N5OS/c1-25(2)21(27)19-18(22)15-8-9-16(24-20(15)28-19)17-7-3-4-11-26(17)13-14-6-5-10-23-12-14/h5-6,8-10,12,17H,3-4,7,11,13,22H2,1-2H3. The molecule has 1 aliphatic heterocycles. The van der Waals surface area contributed by atoms with Gasteiger partial charge in [0.25, 0.3) is 5.91 Å². The SMILES string of the molecule is CN(C)C(=O)c1sc2nc(C3CCCCN3Cc3cccnc3)ccc2c1N. The van der Waals surface area contributed by atoms with Gasteiger partial charge in [0.15, 0.2) is 0 Å². The lowest BCUT2D eigenvalue weighted by Crippen LogP contribution is -2.33. The maximum Gasteiger partial charge on any atom is 0.265 e. The number of nitrogen functional groups attached to an aromatic ring is 1. The fourth-order valence-electron chi connectivity index (χ4n) is 3.80. The molecule has 0 spiro atoms. The molecule has 1 saturated heterocycles. The minimum Gasteiger partial charge on any atom is -0.397 e. The van der Waals surface area contributed by atoms with Crippen molar-refractivity contribution in [2.45, 2.75) is 31.8 Å². The van der Waals surface area contributed by atoms with E-state index in [0.29, 0.717) is 10.6 Å². The molecular formula is C21H25N5OS. The number of rotatable bonds is 4. The highest BCUT2D eigenvalue weighted by atomic mass is 32.1. The molecule has 4 heterocycles. The van der Waals surface area contributed by atoms with Crippen molar-refractivity contribution in [3.63, 3.8) is 0 Å². The van der Waals surface area contributed by atoms with Crippen LogP contribution in [0.5, 0.6) is 0 Å². The Labute approximate surface area is 169 Å². The van der Waals surface area contributed by atoms with Crippen LogP contribution in [-0.2, 0) is 6.54 Å². The summed E-state index contributed by atoms with van der Waals surface area (Å²) in [6, 6.07) is 8.47. The predicted octanol–water partition coefficient (Wildman–Crippen LogP) is 3.70. The normalized spacial score (nSPS) is 17.7. The number of carbonyl (C=O) groups is 1. The Hall–Kier alpha value is -2.51. The number of nitrogens with two attached hydrogens (primary N) is 1. The lowest BCUT2D eigenvalue weighted by Gasteiger charge is -2.35. The summed E-state index contributed by atoms with van der Waals surface area (Å²) in [7, 11) is 3.48. The van der Waals surface area contributed by atoms with Gasteiger partial charge in [-0.15, -0.1) is 11.3 Å². The van der Waals surface area contributed by atoms with E-state index in [-0.39, 0.29) is 11.9 Å². The van der Waals surface area contributed by atoms with Gasteiger partial charge in [0.05, 0.1) is 17.4 Å². The van der Waals surface area contributed by atoms with Gasteiger partial charge < -0.3 is 10.6 Å². The van der Waals surface area contributed by atoms with Crippen LogP contribution in [0.15, 0.2) is 36.7 Å². The summed E-state index contributed by atoms with van der Waals surface area (Å²) in [4.78, 5) is 27.0. The molecule has 0 aliphatic carbocycles. The van der Waals surface area contributed by atoms with Crippen molar-refractivity contribution in [3.8, 4) is 0 Å². The molecule has 1 fully saturated rings. The average molecular weight is 396 g/mol. The van der Waals surface area contributed by atoms with Crippen LogP contribution in [0, 0.1) is 0 Å². The second kappa shape index (κ2) is 7.85. The van der Waals surface area contributed by atoms with Crippen molar-refractivity contribution in [3.05, 3.63) is 52.8 Å². The highest BCUT2D eigenvalue weighted by Crippen LogP contribution is 2.37. The zero-order chi connectivity index (χ0) is 19.7. The first kappa shape index (κ1) is 18.8. The number of amides is 1. The fourth-order valence-corrected chi connectivity index (χ4v) is 4.92. The summed E-state index contributed by atoms with van der Waals surface area (Å²) in [5.74, 6) is -0.0714. The van der Waals surface area contributed by atoms with E-state index in [1.165, 1.54) is 29.7 Å². The highest BCUT2D eigenvalue weighted by Gasteiger charge is 2.26. The molecule has 28 heavy (non-hydrogen) atoms. The van der Waals surface area contributed by atoms with E-state index >= 15 is 0 Å². The number of carbonyl (C=O) groups excluding carboxylic acids is 1. The lowest BCUT2D eigenvalue weighted by molar-refractivity contribution is 0.0833. The fraction of sp³-hybridized carbons (Fsp3) is 0.381. The summed E-state index contributed by atoms with van der Waals surface area (Å²) in [6.07, 6.45) is 7.22. The Balaban J connectivity index is 1.65. The smallest absolute Gasteiger partial charge is 0.265 e. The van der Waals surface area contributed by atoms with E-state index in [4.69, 9.17) is 10.7 Å². The minimum atomic E-state index is -0.0714. The summed E-state index contributed by atoms with van der Waals surface area (Å²) in [6.45, 7) is 1.92. The molecule has 146 valence electrons. The Morgan fingerprint density at radius 2 is 2.18 bits per heavy atom. The molecule has 1 amide bonds. The van der Waals surface area contributed by atoms with Gasteiger partial charge in [-0.05, 0) is 43.1 Å². The van der Waals surface area contributed by atoms with E-state index < -0.39 is 0 Å². The molecule has 3 aromatic rings. The monoisotopic (exact) mass is 395 g/mol. The van der Waals surface area contributed by atoms with Crippen molar-refractivity contribution in [2.24, 2.45) is 0 Å². The van der Waals surface area contributed by atoms with Crippen LogP contribution in [0.2, 0.25) is 0 Å². The van der Waals surface area contributed by atoms with Gasteiger partial charge in [0, 0.05) is 38.4 Å². The predicted molar refractivity (Wildman–Crippen MR) is 113 cm³/mol. The number of aromatic nitrogens is 2. The molecule has 0 bridgehead atoms. The third-order valence-corrected chi connectivity index (χ3v) is 6.38. The van der Waals surface area contributed by atoms with Crippen LogP contribution in [-0.4, -0.2) is 46.3 Å². The largest absolute Gasteiger partial charge is 0.397 e. The molecule has 1 atom stereocenters. The Morgan fingerprint density at radius 3 is 2.93 bits per heavy atom. The Kier molecular flexibility index (Phi) is 5.28. The van der Waals surface area contributed by atoms with Crippen molar-refractivity contribution in [1.29, 1.82) is 0 Å². The van der Waals surface area contributed by atoms with Crippen LogP contribution >= 0.6 is 11.3 Å². The van der Waals surface area contributed by atoms with Crippen molar-refractivity contribution >= 4 is 33.1 Å². The van der Waals surface area contributed by atoms with E-state index in [9.17, 15) is 4.79 Å². The minimum absolute atomic E-state index is 0.0714. The summed E-state index contributed by atoms with van der Waals surface area (Å²) >= 11 is 1.39. The maximum absolute atomic E-state index is 12.4. The summed E-state index contributed by atoms with van der Waals surface area (Å²) in [5, 5.41) is 0.869. The molecular weight excluding hydrogens is 370 g/mol. The second-order valence-corrected chi connectivity index (χ2v) is 8.48. The van der Waals surface area contributed by atoms with Gasteiger partial charge in [-0.1, -0.05) is 12.5 Å². The van der Waals surface area contributed by atoms with Gasteiger partial charge in [0.1, 0.15) is 9.71 Å². The molecule has 0 aromatic carbocycles. The van der Waals surface area contributed by atoms with Crippen LogP contribution in [0.1, 0.15) is 46.2 Å². The van der Waals surface area contributed by atoms with Gasteiger partial charge in [-0.3, -0.25) is 14.7 Å². The third kappa shape index (κ3) is 3.59.